The molecule has 2 fully saturated rings. The zero-order valence-corrected chi connectivity index (χ0v) is 16.0. The number of hydrogen-bond donors (Lipinski definition) is 1. The summed E-state index contributed by atoms with van der Waals surface area (Å²) >= 11 is 0. The molecule has 144 valence electrons. The standard InChI is InChI=1S/C21H33N3O2/c1-2-22-21(23-12-6-14-26-20-10-15-25-16-11-20)24-13-9-19(17-24)18-7-4-3-5-8-18/h3-5,7-8,19-20H,2,6,9-17H2,1H3,(H,22,23). The molecule has 0 bridgehead atoms. The summed E-state index contributed by atoms with van der Waals surface area (Å²) in [6.45, 7) is 8.45. The van der Waals surface area contributed by atoms with Gasteiger partial charge in [0.1, 0.15) is 0 Å². The van der Waals surface area contributed by atoms with E-state index in [1.807, 2.05) is 0 Å². The summed E-state index contributed by atoms with van der Waals surface area (Å²) in [5.41, 5.74) is 1.44. The normalized spacial score (nSPS) is 22.0. The molecule has 1 aromatic carbocycles. The van der Waals surface area contributed by atoms with E-state index in [0.717, 1.165) is 71.2 Å². The second-order valence-electron chi connectivity index (χ2n) is 7.11. The maximum atomic E-state index is 5.94. The van der Waals surface area contributed by atoms with Gasteiger partial charge in [0.15, 0.2) is 5.96 Å². The highest BCUT2D eigenvalue weighted by Gasteiger charge is 2.25. The molecule has 26 heavy (non-hydrogen) atoms. The summed E-state index contributed by atoms with van der Waals surface area (Å²) < 4.78 is 11.3. The highest BCUT2D eigenvalue weighted by atomic mass is 16.5. The molecule has 5 heteroatoms. The minimum Gasteiger partial charge on any atom is -0.381 e. The van der Waals surface area contributed by atoms with Gasteiger partial charge < -0.3 is 19.7 Å². The molecule has 1 unspecified atom stereocenters. The topological polar surface area (TPSA) is 46.1 Å². The minimum atomic E-state index is 0.381. The van der Waals surface area contributed by atoms with E-state index in [1.165, 1.54) is 12.0 Å². The molecule has 1 aromatic rings. The fourth-order valence-corrected chi connectivity index (χ4v) is 3.72. The molecule has 0 amide bonds. The average Bonchev–Trinajstić information content (AvgIpc) is 3.18. The van der Waals surface area contributed by atoms with Crippen LogP contribution in [-0.2, 0) is 9.47 Å². The molecule has 2 saturated heterocycles. The number of ether oxygens (including phenoxy) is 2. The lowest BCUT2D eigenvalue weighted by molar-refractivity contribution is -0.0318. The Bertz CT molecular complexity index is 543. The predicted molar refractivity (Wildman–Crippen MR) is 106 cm³/mol. The van der Waals surface area contributed by atoms with Gasteiger partial charge in [0.25, 0.3) is 0 Å². The van der Waals surface area contributed by atoms with Crippen LogP contribution in [0.5, 0.6) is 0 Å². The van der Waals surface area contributed by atoms with Crippen LogP contribution in [0.2, 0.25) is 0 Å². The van der Waals surface area contributed by atoms with Gasteiger partial charge in [0, 0.05) is 51.9 Å². The molecule has 1 N–H and O–H groups in total. The van der Waals surface area contributed by atoms with Crippen LogP contribution in [-0.4, -0.2) is 63.0 Å². The number of aliphatic imine (C=N–C) groups is 1. The second-order valence-corrected chi connectivity index (χ2v) is 7.11. The molecule has 0 aromatic heterocycles. The van der Waals surface area contributed by atoms with Crippen molar-refractivity contribution in [3.05, 3.63) is 35.9 Å². The van der Waals surface area contributed by atoms with E-state index >= 15 is 0 Å². The smallest absolute Gasteiger partial charge is 0.193 e. The fourth-order valence-electron chi connectivity index (χ4n) is 3.72. The lowest BCUT2D eigenvalue weighted by Gasteiger charge is -2.23. The third-order valence-electron chi connectivity index (χ3n) is 5.18. The SMILES string of the molecule is CCNC(=NCCCOC1CCOCC1)N1CCC(c2ccccc2)C1. The zero-order chi connectivity index (χ0) is 18.0. The van der Waals surface area contributed by atoms with Crippen LogP contribution in [0.15, 0.2) is 35.3 Å². The quantitative estimate of drug-likeness (QED) is 0.462. The van der Waals surface area contributed by atoms with Gasteiger partial charge >= 0.3 is 0 Å². The summed E-state index contributed by atoms with van der Waals surface area (Å²) in [6.07, 6.45) is 4.61. The number of nitrogens with one attached hydrogen (secondary N) is 1. The van der Waals surface area contributed by atoms with E-state index in [0.29, 0.717) is 12.0 Å². The Morgan fingerprint density at radius 3 is 2.81 bits per heavy atom. The average molecular weight is 360 g/mol. The van der Waals surface area contributed by atoms with E-state index in [9.17, 15) is 0 Å². The number of rotatable bonds is 7. The first kappa shape index (κ1) is 19.2. The largest absolute Gasteiger partial charge is 0.381 e. The molecule has 2 heterocycles. The summed E-state index contributed by atoms with van der Waals surface area (Å²) in [4.78, 5) is 7.24. The first-order valence-electron chi connectivity index (χ1n) is 10.1. The maximum Gasteiger partial charge on any atom is 0.193 e. The van der Waals surface area contributed by atoms with Crippen LogP contribution in [0, 0.1) is 0 Å². The van der Waals surface area contributed by atoms with Crippen molar-refractivity contribution in [2.24, 2.45) is 4.99 Å². The van der Waals surface area contributed by atoms with Crippen molar-refractivity contribution < 1.29 is 9.47 Å². The van der Waals surface area contributed by atoms with E-state index in [2.05, 4.69) is 47.5 Å². The van der Waals surface area contributed by atoms with Crippen LogP contribution in [0.4, 0.5) is 0 Å². The monoisotopic (exact) mass is 359 g/mol. The van der Waals surface area contributed by atoms with Gasteiger partial charge in [0.05, 0.1) is 6.10 Å². The molecule has 2 aliphatic rings. The Kier molecular flexibility index (Phi) is 7.77. The summed E-state index contributed by atoms with van der Waals surface area (Å²) in [5.74, 6) is 1.66. The van der Waals surface area contributed by atoms with E-state index in [4.69, 9.17) is 14.5 Å². The highest BCUT2D eigenvalue weighted by molar-refractivity contribution is 5.80. The van der Waals surface area contributed by atoms with Crippen molar-refractivity contribution in [2.75, 3.05) is 46.0 Å². The van der Waals surface area contributed by atoms with Crippen molar-refractivity contribution in [3.8, 4) is 0 Å². The first-order valence-corrected chi connectivity index (χ1v) is 10.1. The summed E-state index contributed by atoms with van der Waals surface area (Å²) in [7, 11) is 0. The Labute approximate surface area is 157 Å². The predicted octanol–water partition coefficient (Wildman–Crippen LogP) is 3.03. The van der Waals surface area contributed by atoms with Gasteiger partial charge in [-0.3, -0.25) is 4.99 Å². The lowest BCUT2D eigenvalue weighted by atomic mass is 9.99. The molecular weight excluding hydrogens is 326 g/mol. The summed E-state index contributed by atoms with van der Waals surface area (Å²) in [6, 6.07) is 10.8. The van der Waals surface area contributed by atoms with Crippen LogP contribution in [0.25, 0.3) is 0 Å². The summed E-state index contributed by atoms with van der Waals surface area (Å²) in [5, 5.41) is 3.46. The van der Waals surface area contributed by atoms with Crippen LogP contribution < -0.4 is 5.32 Å². The van der Waals surface area contributed by atoms with Crippen molar-refractivity contribution in [1.82, 2.24) is 10.2 Å². The fraction of sp³-hybridized carbons (Fsp3) is 0.667. The molecule has 2 aliphatic heterocycles. The minimum absolute atomic E-state index is 0.381. The molecule has 3 rings (SSSR count). The number of benzene rings is 1. The zero-order valence-electron chi connectivity index (χ0n) is 16.0. The molecule has 0 radical (unpaired) electrons. The lowest BCUT2D eigenvalue weighted by Crippen LogP contribution is -2.40. The van der Waals surface area contributed by atoms with E-state index in [-0.39, 0.29) is 0 Å². The Morgan fingerprint density at radius 2 is 2.04 bits per heavy atom. The van der Waals surface area contributed by atoms with Gasteiger partial charge in [-0.2, -0.15) is 0 Å². The highest BCUT2D eigenvalue weighted by Crippen LogP contribution is 2.26. The van der Waals surface area contributed by atoms with Crippen LogP contribution in [0.3, 0.4) is 0 Å². The number of likely N-dealkylation sites (tertiary alicyclic amines) is 1. The molecule has 5 nitrogen and oxygen atoms in total. The van der Waals surface area contributed by atoms with Gasteiger partial charge in [0.2, 0.25) is 0 Å². The number of hydrogen-bond acceptors (Lipinski definition) is 3. The van der Waals surface area contributed by atoms with Crippen molar-refractivity contribution in [3.63, 3.8) is 0 Å². The van der Waals surface area contributed by atoms with Gasteiger partial charge in [-0.15, -0.1) is 0 Å². The second kappa shape index (κ2) is 10.5. The Morgan fingerprint density at radius 1 is 1.23 bits per heavy atom. The third kappa shape index (κ3) is 5.71. The molecule has 0 saturated carbocycles. The molecular formula is C21H33N3O2. The molecule has 1 atom stereocenters. The third-order valence-corrected chi connectivity index (χ3v) is 5.18. The van der Waals surface area contributed by atoms with Gasteiger partial charge in [-0.1, -0.05) is 30.3 Å². The molecule has 0 spiro atoms. The van der Waals surface area contributed by atoms with Gasteiger partial charge in [-0.05, 0) is 38.2 Å². The maximum absolute atomic E-state index is 5.94. The number of nitrogens with zero attached hydrogens (tertiary/aromatic N) is 2. The molecule has 0 aliphatic carbocycles. The van der Waals surface area contributed by atoms with Crippen molar-refractivity contribution in [2.45, 2.75) is 44.6 Å². The van der Waals surface area contributed by atoms with E-state index in [1.54, 1.807) is 0 Å². The van der Waals surface area contributed by atoms with Crippen molar-refractivity contribution >= 4 is 5.96 Å². The Balaban J connectivity index is 1.43. The van der Waals surface area contributed by atoms with Crippen molar-refractivity contribution in [1.29, 1.82) is 0 Å². The van der Waals surface area contributed by atoms with E-state index < -0.39 is 0 Å². The Hall–Kier alpha value is -1.59. The first-order chi connectivity index (χ1) is 12.9. The van der Waals surface area contributed by atoms with Crippen LogP contribution in [0.1, 0.15) is 44.1 Å². The van der Waals surface area contributed by atoms with Gasteiger partial charge in [-0.25, -0.2) is 0 Å². The number of guanidine groups is 1. The van der Waals surface area contributed by atoms with Crippen LogP contribution >= 0.6 is 0 Å².